The summed E-state index contributed by atoms with van der Waals surface area (Å²) in [5, 5.41) is 6.99. The van der Waals surface area contributed by atoms with Crippen molar-refractivity contribution >= 4 is 5.96 Å². The van der Waals surface area contributed by atoms with Crippen LogP contribution >= 0.6 is 0 Å². The molecule has 6 nitrogen and oxygen atoms in total. The topological polar surface area (TPSA) is 52.1 Å². The van der Waals surface area contributed by atoms with Crippen LogP contribution < -0.4 is 10.6 Å². The Kier molecular flexibility index (Phi) is 7.78. The third-order valence-corrected chi connectivity index (χ3v) is 5.46. The number of guanidine groups is 1. The van der Waals surface area contributed by atoms with E-state index in [4.69, 9.17) is 4.74 Å². The lowest BCUT2D eigenvalue weighted by atomic mass is 9.94. The van der Waals surface area contributed by atoms with Crippen molar-refractivity contribution in [1.82, 2.24) is 20.4 Å². The van der Waals surface area contributed by atoms with Gasteiger partial charge in [0.05, 0.1) is 13.2 Å². The van der Waals surface area contributed by atoms with Crippen LogP contribution in [0.25, 0.3) is 0 Å². The van der Waals surface area contributed by atoms with E-state index in [2.05, 4.69) is 46.3 Å². The van der Waals surface area contributed by atoms with Gasteiger partial charge in [-0.15, -0.1) is 0 Å². The van der Waals surface area contributed by atoms with Crippen molar-refractivity contribution in [3.8, 4) is 0 Å². The van der Waals surface area contributed by atoms with Crippen LogP contribution in [0.3, 0.4) is 0 Å². The van der Waals surface area contributed by atoms with Crippen LogP contribution in [0.5, 0.6) is 0 Å². The van der Waals surface area contributed by atoms with Gasteiger partial charge in [0.1, 0.15) is 0 Å². The lowest BCUT2D eigenvalue weighted by molar-refractivity contribution is -0.00834. The number of ether oxygens (including phenoxy) is 1. The number of morpholine rings is 1. The predicted molar refractivity (Wildman–Crippen MR) is 101 cm³/mol. The van der Waals surface area contributed by atoms with E-state index >= 15 is 0 Å². The highest BCUT2D eigenvalue weighted by Gasteiger charge is 2.28. The van der Waals surface area contributed by atoms with Gasteiger partial charge in [0.25, 0.3) is 0 Å². The van der Waals surface area contributed by atoms with Crippen LogP contribution in [0.15, 0.2) is 4.99 Å². The van der Waals surface area contributed by atoms with E-state index in [-0.39, 0.29) is 5.54 Å². The summed E-state index contributed by atoms with van der Waals surface area (Å²) in [5.74, 6) is 1.78. The Morgan fingerprint density at radius 3 is 2.42 bits per heavy atom. The maximum Gasteiger partial charge on any atom is 0.191 e. The van der Waals surface area contributed by atoms with E-state index in [1.165, 1.54) is 32.4 Å². The maximum atomic E-state index is 5.46. The highest BCUT2D eigenvalue weighted by molar-refractivity contribution is 5.79. The molecule has 6 heteroatoms. The SMILES string of the molecule is CN=C(NCCC1CCN(C)CC1)NCC(C)(C)N1CCOCC1. The molecule has 0 saturated carbocycles. The van der Waals surface area contributed by atoms with Crippen LogP contribution in [-0.2, 0) is 4.74 Å². The summed E-state index contributed by atoms with van der Waals surface area (Å²) in [4.78, 5) is 9.30. The number of piperidine rings is 1. The van der Waals surface area contributed by atoms with Crippen LogP contribution in [-0.4, -0.2) is 87.9 Å². The molecule has 0 amide bonds. The molecule has 24 heavy (non-hydrogen) atoms. The van der Waals surface area contributed by atoms with Crippen molar-refractivity contribution in [2.24, 2.45) is 10.9 Å². The number of nitrogens with zero attached hydrogens (tertiary/aromatic N) is 3. The zero-order valence-corrected chi connectivity index (χ0v) is 16.1. The molecule has 0 aromatic carbocycles. The van der Waals surface area contributed by atoms with Crippen molar-refractivity contribution in [3.05, 3.63) is 0 Å². The summed E-state index contributed by atoms with van der Waals surface area (Å²) in [6.07, 6.45) is 3.89. The first-order valence-electron chi connectivity index (χ1n) is 9.47. The Balaban J connectivity index is 1.66. The minimum Gasteiger partial charge on any atom is -0.379 e. The monoisotopic (exact) mass is 339 g/mol. The normalized spacial score (nSPS) is 22.6. The number of likely N-dealkylation sites (tertiary alicyclic amines) is 1. The largest absolute Gasteiger partial charge is 0.379 e. The van der Waals surface area contributed by atoms with Crippen molar-refractivity contribution in [2.75, 3.05) is 66.6 Å². The van der Waals surface area contributed by atoms with Gasteiger partial charge in [-0.1, -0.05) is 0 Å². The quantitative estimate of drug-likeness (QED) is 0.558. The molecule has 2 rings (SSSR count). The van der Waals surface area contributed by atoms with Crippen molar-refractivity contribution in [3.63, 3.8) is 0 Å². The molecule has 0 aliphatic carbocycles. The molecular formula is C18H37N5O. The van der Waals surface area contributed by atoms with Gasteiger partial charge in [0, 0.05) is 38.8 Å². The molecule has 2 fully saturated rings. The van der Waals surface area contributed by atoms with E-state index in [1.54, 1.807) is 0 Å². The van der Waals surface area contributed by atoms with Crippen molar-refractivity contribution in [1.29, 1.82) is 0 Å². The predicted octanol–water partition coefficient (Wildman–Crippen LogP) is 0.994. The number of rotatable bonds is 6. The average Bonchev–Trinajstić information content (AvgIpc) is 2.60. The molecule has 2 aliphatic heterocycles. The van der Waals surface area contributed by atoms with Gasteiger partial charge in [0.2, 0.25) is 0 Å². The van der Waals surface area contributed by atoms with E-state index in [9.17, 15) is 0 Å². The molecule has 0 spiro atoms. The zero-order chi connectivity index (χ0) is 17.4. The lowest BCUT2D eigenvalue weighted by Crippen LogP contribution is -2.56. The standard InChI is InChI=1S/C18H37N5O/c1-18(2,23-11-13-24-14-12-23)15-21-17(19-3)20-8-5-16-6-9-22(4)10-7-16/h16H,5-15H2,1-4H3,(H2,19,20,21). The minimum absolute atomic E-state index is 0.107. The van der Waals surface area contributed by atoms with Crippen LogP contribution in [0.4, 0.5) is 0 Å². The third kappa shape index (κ3) is 6.22. The third-order valence-electron chi connectivity index (χ3n) is 5.46. The minimum atomic E-state index is 0.107. The second-order valence-electron chi connectivity index (χ2n) is 7.80. The zero-order valence-electron chi connectivity index (χ0n) is 16.1. The van der Waals surface area contributed by atoms with E-state index in [0.29, 0.717) is 0 Å². The van der Waals surface area contributed by atoms with Crippen molar-refractivity contribution < 1.29 is 4.74 Å². The number of hydrogen-bond acceptors (Lipinski definition) is 4. The Labute approximate surface area is 148 Å². The highest BCUT2D eigenvalue weighted by atomic mass is 16.5. The van der Waals surface area contributed by atoms with Gasteiger partial charge in [-0.05, 0) is 59.2 Å². The molecule has 0 radical (unpaired) electrons. The molecule has 0 aromatic heterocycles. The summed E-state index contributed by atoms with van der Waals surface area (Å²) in [7, 11) is 4.07. The Morgan fingerprint density at radius 1 is 1.12 bits per heavy atom. The fraction of sp³-hybridized carbons (Fsp3) is 0.944. The number of nitrogens with one attached hydrogen (secondary N) is 2. The van der Waals surface area contributed by atoms with E-state index in [1.807, 2.05) is 7.05 Å². The molecule has 2 saturated heterocycles. The Hall–Kier alpha value is -0.850. The van der Waals surface area contributed by atoms with E-state index in [0.717, 1.165) is 51.3 Å². The molecule has 0 atom stereocenters. The first kappa shape index (κ1) is 19.5. The molecule has 0 aromatic rings. The maximum absolute atomic E-state index is 5.46. The second kappa shape index (κ2) is 9.59. The van der Waals surface area contributed by atoms with Crippen LogP contribution in [0, 0.1) is 5.92 Å². The fourth-order valence-corrected chi connectivity index (χ4v) is 3.55. The molecule has 2 aliphatic rings. The summed E-state index contributed by atoms with van der Waals surface area (Å²) >= 11 is 0. The first-order valence-corrected chi connectivity index (χ1v) is 9.47. The molecule has 0 bridgehead atoms. The van der Waals surface area contributed by atoms with Gasteiger partial charge in [-0.2, -0.15) is 0 Å². The Morgan fingerprint density at radius 2 is 1.79 bits per heavy atom. The van der Waals surface area contributed by atoms with Crippen LogP contribution in [0.2, 0.25) is 0 Å². The summed E-state index contributed by atoms with van der Waals surface area (Å²) in [6, 6.07) is 0. The smallest absolute Gasteiger partial charge is 0.191 e. The van der Waals surface area contributed by atoms with Gasteiger partial charge < -0.3 is 20.3 Å². The van der Waals surface area contributed by atoms with Gasteiger partial charge in [-0.25, -0.2) is 0 Å². The average molecular weight is 340 g/mol. The van der Waals surface area contributed by atoms with Gasteiger partial charge in [-0.3, -0.25) is 9.89 Å². The molecular weight excluding hydrogens is 302 g/mol. The fourth-order valence-electron chi connectivity index (χ4n) is 3.55. The lowest BCUT2D eigenvalue weighted by Gasteiger charge is -2.41. The van der Waals surface area contributed by atoms with Gasteiger partial charge in [0.15, 0.2) is 5.96 Å². The number of hydrogen-bond donors (Lipinski definition) is 2. The summed E-state index contributed by atoms with van der Waals surface area (Å²) < 4.78 is 5.46. The molecule has 140 valence electrons. The first-order chi connectivity index (χ1) is 11.5. The Bertz CT molecular complexity index is 385. The second-order valence-corrected chi connectivity index (χ2v) is 7.80. The number of aliphatic imine (C=N–C) groups is 1. The highest BCUT2D eigenvalue weighted by Crippen LogP contribution is 2.18. The molecule has 2 N–H and O–H groups in total. The van der Waals surface area contributed by atoms with Gasteiger partial charge >= 0.3 is 0 Å². The van der Waals surface area contributed by atoms with Crippen LogP contribution in [0.1, 0.15) is 33.1 Å². The summed E-state index contributed by atoms with van der Waals surface area (Å²) in [5.41, 5.74) is 0.107. The van der Waals surface area contributed by atoms with Crippen molar-refractivity contribution in [2.45, 2.75) is 38.6 Å². The molecule has 0 unspecified atom stereocenters. The summed E-state index contributed by atoms with van der Waals surface area (Å²) in [6.45, 7) is 12.7. The van der Waals surface area contributed by atoms with E-state index < -0.39 is 0 Å². The molecule has 2 heterocycles.